The minimum atomic E-state index is -0.833. The van der Waals surface area contributed by atoms with Gasteiger partial charge in [-0.05, 0) is 0 Å². The molecule has 0 rings (SSSR count). The summed E-state index contributed by atoms with van der Waals surface area (Å²) in [4.78, 5) is 27.0. The SMILES string of the molecule is CC(=O)O.CC(=O)O.CC(=O)O.CCCC#P=O. The third-order valence-corrected chi connectivity index (χ3v) is 0.779. The van der Waals surface area contributed by atoms with Crippen molar-refractivity contribution < 1.29 is 34.3 Å². The summed E-state index contributed by atoms with van der Waals surface area (Å²) in [5, 5.41) is 22.2. The predicted molar refractivity (Wildman–Crippen MR) is 66.3 cm³/mol. The van der Waals surface area contributed by atoms with Crippen molar-refractivity contribution in [3.05, 3.63) is 0 Å². The summed E-state index contributed by atoms with van der Waals surface area (Å²) in [6.07, 6.45) is 1.88. The van der Waals surface area contributed by atoms with Gasteiger partial charge in [-0.3, -0.25) is 14.4 Å². The number of carbonyl (C=O) groups is 3. The molecule has 0 radical (unpaired) electrons. The van der Waals surface area contributed by atoms with Crippen molar-refractivity contribution in [3.8, 4) is 5.63 Å². The molecule has 0 fully saturated rings. The number of unbranched alkanes of at least 4 members (excludes halogenated alkanes) is 1. The molecular weight excluding hydrogens is 263 g/mol. The van der Waals surface area contributed by atoms with Crippen LogP contribution in [0.1, 0.15) is 40.5 Å². The normalized spacial score (nSPS) is 6.44. The zero-order valence-corrected chi connectivity index (χ0v) is 11.7. The Morgan fingerprint density at radius 3 is 1.22 bits per heavy atom. The van der Waals surface area contributed by atoms with Crippen LogP contribution >= 0.6 is 7.92 Å². The fraction of sp³-hybridized carbons (Fsp3) is 0.600. The molecule has 0 aromatic heterocycles. The molecule has 0 amide bonds. The zero-order valence-electron chi connectivity index (χ0n) is 10.8. The summed E-state index contributed by atoms with van der Waals surface area (Å²) in [6, 6.07) is 0. The van der Waals surface area contributed by atoms with Gasteiger partial charge in [-0.2, -0.15) is 0 Å². The van der Waals surface area contributed by atoms with Crippen molar-refractivity contribution in [2.45, 2.75) is 40.5 Å². The van der Waals surface area contributed by atoms with Gasteiger partial charge in [-0.25, -0.2) is 0 Å². The van der Waals surface area contributed by atoms with E-state index in [0.717, 1.165) is 33.6 Å². The van der Waals surface area contributed by atoms with Gasteiger partial charge >= 0.3 is 37.9 Å². The van der Waals surface area contributed by atoms with E-state index in [1.165, 1.54) is 0 Å². The Balaban J connectivity index is -0.0000000742. The van der Waals surface area contributed by atoms with E-state index in [-0.39, 0.29) is 7.92 Å². The van der Waals surface area contributed by atoms with Crippen LogP contribution in [0.25, 0.3) is 0 Å². The van der Waals surface area contributed by atoms with Crippen LogP contribution < -0.4 is 0 Å². The van der Waals surface area contributed by atoms with E-state index in [9.17, 15) is 4.57 Å². The van der Waals surface area contributed by atoms with Crippen LogP contribution in [0.15, 0.2) is 0 Å². The first-order valence-electron chi connectivity index (χ1n) is 4.75. The van der Waals surface area contributed by atoms with Crippen molar-refractivity contribution in [1.29, 1.82) is 0 Å². The minimum absolute atomic E-state index is 0.0454. The number of hydrogen-bond donors (Lipinski definition) is 3. The van der Waals surface area contributed by atoms with E-state index in [1.807, 2.05) is 6.92 Å². The number of hydrogen-bond acceptors (Lipinski definition) is 4. The van der Waals surface area contributed by atoms with E-state index >= 15 is 0 Å². The molecule has 3 N–H and O–H groups in total. The van der Waals surface area contributed by atoms with Crippen molar-refractivity contribution in [2.24, 2.45) is 0 Å². The summed E-state index contributed by atoms with van der Waals surface area (Å²) in [7, 11) is 0.0454. The van der Waals surface area contributed by atoms with Crippen molar-refractivity contribution in [3.63, 3.8) is 0 Å². The van der Waals surface area contributed by atoms with Gasteiger partial charge in [0.1, 0.15) is 0 Å². The molecule has 0 aliphatic carbocycles. The van der Waals surface area contributed by atoms with Gasteiger partial charge in [0.2, 0.25) is 0 Å². The van der Waals surface area contributed by atoms with Crippen LogP contribution in [0.3, 0.4) is 0 Å². The molecule has 106 valence electrons. The van der Waals surface area contributed by atoms with Gasteiger partial charge < -0.3 is 15.3 Å². The second-order valence-electron chi connectivity index (χ2n) is 2.56. The van der Waals surface area contributed by atoms with Gasteiger partial charge in [-0.15, -0.1) is 0 Å². The molecule has 0 atom stereocenters. The monoisotopic (exact) mass is 282 g/mol. The second-order valence-corrected chi connectivity index (χ2v) is 3.06. The van der Waals surface area contributed by atoms with Gasteiger partial charge in [0.25, 0.3) is 17.9 Å². The first-order valence-corrected chi connectivity index (χ1v) is 5.56. The molecule has 0 spiro atoms. The Bertz CT molecular complexity index is 278. The van der Waals surface area contributed by atoms with Crippen LogP contribution in [0, 0.1) is 5.63 Å². The van der Waals surface area contributed by atoms with Crippen molar-refractivity contribution >= 4 is 25.8 Å². The van der Waals surface area contributed by atoms with Crippen LogP contribution in [0.4, 0.5) is 0 Å². The molecular formula is C10H19O7P. The van der Waals surface area contributed by atoms with E-state index in [4.69, 9.17) is 29.7 Å². The average molecular weight is 282 g/mol. The number of aliphatic carboxylic acids is 3. The molecule has 0 aliphatic rings. The van der Waals surface area contributed by atoms with E-state index in [0.29, 0.717) is 0 Å². The molecule has 0 bridgehead atoms. The van der Waals surface area contributed by atoms with Gasteiger partial charge in [0, 0.05) is 20.8 Å². The molecule has 7 nitrogen and oxygen atoms in total. The molecule has 0 saturated heterocycles. The first kappa shape index (κ1) is 25.3. The van der Waals surface area contributed by atoms with Crippen molar-refractivity contribution in [1.82, 2.24) is 0 Å². The fourth-order valence-electron chi connectivity index (χ4n) is 0.157. The first-order chi connectivity index (χ1) is 8.11. The van der Waals surface area contributed by atoms with Gasteiger partial charge in [0.15, 0.2) is 0 Å². The summed E-state index contributed by atoms with van der Waals surface area (Å²) in [5.41, 5.74) is 2.61. The van der Waals surface area contributed by atoms with Crippen LogP contribution in [0.2, 0.25) is 0 Å². The van der Waals surface area contributed by atoms with E-state index < -0.39 is 17.9 Å². The van der Waals surface area contributed by atoms with Gasteiger partial charge in [-0.1, -0.05) is 0 Å². The summed E-state index contributed by atoms with van der Waals surface area (Å²) < 4.78 is 9.55. The molecule has 0 heterocycles. The van der Waals surface area contributed by atoms with Crippen LogP contribution in [-0.4, -0.2) is 33.2 Å². The van der Waals surface area contributed by atoms with E-state index in [2.05, 4.69) is 5.63 Å². The maximum absolute atomic E-state index is 9.55. The molecule has 8 heteroatoms. The molecule has 0 aliphatic heterocycles. The second kappa shape index (κ2) is 24.6. The Morgan fingerprint density at radius 1 is 0.944 bits per heavy atom. The molecule has 0 aromatic carbocycles. The van der Waals surface area contributed by atoms with E-state index in [1.54, 1.807) is 0 Å². The molecule has 18 heavy (non-hydrogen) atoms. The molecule has 0 aromatic rings. The average Bonchev–Trinajstić information content (AvgIpc) is 2.11. The fourth-order valence-corrected chi connectivity index (χ4v) is 0.472. The van der Waals surface area contributed by atoms with Gasteiger partial charge in [0.05, 0.1) is 0 Å². The summed E-state index contributed by atoms with van der Waals surface area (Å²) >= 11 is 0. The summed E-state index contributed by atoms with van der Waals surface area (Å²) in [6.45, 7) is 5.28. The maximum atomic E-state index is 9.55. The number of rotatable bonds is 1. The Kier molecular flexibility index (Phi) is 34.6. The summed E-state index contributed by atoms with van der Waals surface area (Å²) in [5.74, 6) is -2.50. The van der Waals surface area contributed by atoms with Crippen LogP contribution in [-0.2, 0) is 18.9 Å². The number of carboxylic acid groups (broad SMARTS) is 3. The zero-order chi connectivity index (χ0) is 15.6. The topological polar surface area (TPSA) is 129 Å². The van der Waals surface area contributed by atoms with Crippen LogP contribution in [0.5, 0.6) is 0 Å². The Hall–Kier alpha value is -1.58. The standard InChI is InChI=1S/C4H7OP.3C2H4O2/c1-2-3-4-6-5;3*1-2(3)4/h2-3H2,1H3;3*1H3,(H,3,4). The molecule has 0 saturated carbocycles. The quantitative estimate of drug-likeness (QED) is 0.629. The van der Waals surface area contributed by atoms with Crippen molar-refractivity contribution in [2.75, 3.05) is 0 Å². The Morgan fingerprint density at radius 2 is 1.17 bits per heavy atom. The molecule has 0 unspecified atom stereocenters. The number of carboxylic acids is 3. The Labute approximate surface area is 107 Å². The predicted octanol–water partition coefficient (Wildman–Crippen LogP) is 2.31. The third kappa shape index (κ3) is 1290. The third-order valence-electron chi connectivity index (χ3n) is 0.426.